The Morgan fingerprint density at radius 1 is 1.18 bits per heavy atom. The zero-order valence-corrected chi connectivity index (χ0v) is 17.3. The van der Waals surface area contributed by atoms with Crippen molar-refractivity contribution >= 4 is 35.0 Å². The van der Waals surface area contributed by atoms with Crippen molar-refractivity contribution in [1.82, 2.24) is 10.2 Å². The molecule has 0 saturated carbocycles. The van der Waals surface area contributed by atoms with E-state index in [2.05, 4.69) is 24.5 Å². The van der Waals surface area contributed by atoms with Gasteiger partial charge < -0.3 is 5.32 Å². The lowest BCUT2D eigenvalue weighted by Crippen LogP contribution is -2.54. The van der Waals surface area contributed by atoms with Gasteiger partial charge in [-0.05, 0) is 31.7 Å². The molecule has 1 spiro atoms. The molecule has 6 nitrogen and oxygen atoms in total. The molecule has 2 saturated heterocycles. The van der Waals surface area contributed by atoms with Crippen LogP contribution in [0.25, 0.3) is 0 Å². The zero-order chi connectivity index (χ0) is 20.4. The van der Waals surface area contributed by atoms with Gasteiger partial charge in [-0.3, -0.25) is 24.6 Å². The van der Waals surface area contributed by atoms with E-state index in [9.17, 15) is 14.4 Å². The Balaban J connectivity index is 1.89. The molecule has 1 aromatic rings. The number of nitrogens with one attached hydrogen (secondary N) is 2. The van der Waals surface area contributed by atoms with Gasteiger partial charge in [-0.15, -0.1) is 0 Å². The van der Waals surface area contributed by atoms with Crippen LogP contribution in [0.15, 0.2) is 18.2 Å². The van der Waals surface area contributed by atoms with Crippen molar-refractivity contribution in [2.24, 2.45) is 17.8 Å². The summed E-state index contributed by atoms with van der Waals surface area (Å²) in [7, 11) is 0. The molecule has 2 fully saturated rings. The van der Waals surface area contributed by atoms with E-state index in [4.69, 9.17) is 11.6 Å². The number of carbonyl (C=O) groups is 3. The van der Waals surface area contributed by atoms with E-state index in [0.29, 0.717) is 35.0 Å². The Labute approximate surface area is 170 Å². The molecule has 0 bridgehead atoms. The van der Waals surface area contributed by atoms with E-state index < -0.39 is 17.4 Å². The second kappa shape index (κ2) is 6.56. The van der Waals surface area contributed by atoms with Crippen molar-refractivity contribution < 1.29 is 14.4 Å². The average molecular weight is 404 g/mol. The maximum absolute atomic E-state index is 13.5. The summed E-state index contributed by atoms with van der Waals surface area (Å²) in [5.74, 6) is -1.70. The fourth-order valence-electron chi connectivity index (χ4n) is 5.14. The first kappa shape index (κ1) is 19.4. The topological polar surface area (TPSA) is 78.5 Å². The lowest BCUT2D eigenvalue weighted by molar-refractivity contribution is -0.145. The van der Waals surface area contributed by atoms with Gasteiger partial charge in [0, 0.05) is 17.6 Å². The van der Waals surface area contributed by atoms with Crippen LogP contribution in [0, 0.1) is 17.8 Å². The van der Waals surface area contributed by atoms with Crippen LogP contribution in [0.5, 0.6) is 0 Å². The monoisotopic (exact) mass is 403 g/mol. The van der Waals surface area contributed by atoms with Gasteiger partial charge >= 0.3 is 0 Å². The summed E-state index contributed by atoms with van der Waals surface area (Å²) in [5, 5.41) is 6.73. The third kappa shape index (κ3) is 2.40. The molecule has 150 valence electrons. The molecule has 3 aliphatic rings. The fourth-order valence-corrected chi connectivity index (χ4v) is 5.36. The zero-order valence-electron chi connectivity index (χ0n) is 16.6. The number of anilines is 1. The number of benzene rings is 1. The SMILES string of the molecule is CC[C@H](C)N1C(=O)[C@H]2[C@H](CC(C)C)N[C@@]3(C(=O)Nc4c(Cl)cccc43)[C@@H]2C1=O. The molecule has 0 radical (unpaired) electrons. The summed E-state index contributed by atoms with van der Waals surface area (Å²) in [4.78, 5) is 41.5. The van der Waals surface area contributed by atoms with Crippen LogP contribution in [0.2, 0.25) is 5.02 Å². The first-order valence-electron chi connectivity index (χ1n) is 9.99. The maximum atomic E-state index is 13.5. The summed E-state index contributed by atoms with van der Waals surface area (Å²) < 4.78 is 0. The van der Waals surface area contributed by atoms with Crippen molar-refractivity contribution in [2.75, 3.05) is 5.32 Å². The molecule has 28 heavy (non-hydrogen) atoms. The molecule has 2 N–H and O–H groups in total. The van der Waals surface area contributed by atoms with E-state index >= 15 is 0 Å². The number of hydrogen-bond acceptors (Lipinski definition) is 4. The lowest BCUT2D eigenvalue weighted by atomic mass is 9.76. The van der Waals surface area contributed by atoms with Gasteiger partial charge in [-0.25, -0.2) is 0 Å². The van der Waals surface area contributed by atoms with Gasteiger partial charge in [0.15, 0.2) is 0 Å². The van der Waals surface area contributed by atoms with Crippen LogP contribution >= 0.6 is 11.6 Å². The quantitative estimate of drug-likeness (QED) is 0.757. The standard InChI is InChI=1S/C21H26ClN3O3/c1-5-11(4)25-18(26)15-14(9-10(2)3)24-21(16(15)19(25)27)12-7-6-8-13(22)17(12)23-20(21)28/h6-8,10-11,14-16,24H,5,9H2,1-4H3,(H,23,28)/t11-,14-,15-,16-,21+/m0/s1. The fraction of sp³-hybridized carbons (Fsp3) is 0.571. The molecule has 7 heteroatoms. The molecule has 1 aromatic carbocycles. The number of hydrogen-bond donors (Lipinski definition) is 2. The number of para-hydroxylation sites is 1. The van der Waals surface area contributed by atoms with Crippen LogP contribution in [0.3, 0.4) is 0 Å². The number of nitrogens with zero attached hydrogens (tertiary/aromatic N) is 1. The number of likely N-dealkylation sites (tertiary alicyclic amines) is 1. The number of fused-ring (bicyclic) bond motifs is 4. The van der Waals surface area contributed by atoms with Crippen molar-refractivity contribution in [3.05, 3.63) is 28.8 Å². The van der Waals surface area contributed by atoms with Crippen molar-refractivity contribution in [3.63, 3.8) is 0 Å². The molecule has 4 rings (SSSR count). The third-order valence-corrected chi connectivity index (χ3v) is 6.81. The smallest absolute Gasteiger partial charge is 0.250 e. The molecular formula is C21H26ClN3O3. The molecule has 5 atom stereocenters. The Hall–Kier alpha value is -1.92. The van der Waals surface area contributed by atoms with E-state index in [1.54, 1.807) is 12.1 Å². The predicted octanol–water partition coefficient (Wildman–Crippen LogP) is 2.91. The van der Waals surface area contributed by atoms with E-state index in [1.807, 2.05) is 19.9 Å². The first-order valence-corrected chi connectivity index (χ1v) is 10.4. The second-order valence-corrected chi connectivity index (χ2v) is 9.02. The summed E-state index contributed by atoms with van der Waals surface area (Å²) in [6.45, 7) is 7.99. The molecule has 0 aromatic heterocycles. The molecule has 0 unspecified atom stereocenters. The van der Waals surface area contributed by atoms with Crippen molar-refractivity contribution in [2.45, 2.75) is 58.2 Å². The van der Waals surface area contributed by atoms with E-state index in [1.165, 1.54) is 4.90 Å². The highest BCUT2D eigenvalue weighted by molar-refractivity contribution is 6.35. The minimum absolute atomic E-state index is 0.164. The number of rotatable bonds is 4. The Bertz CT molecular complexity index is 870. The number of carbonyl (C=O) groups excluding carboxylic acids is 3. The number of imide groups is 1. The van der Waals surface area contributed by atoms with Gasteiger partial charge in [0.05, 0.1) is 22.5 Å². The maximum Gasteiger partial charge on any atom is 0.250 e. The Kier molecular flexibility index (Phi) is 4.55. The minimum atomic E-state index is -1.25. The number of halogens is 1. The molecular weight excluding hydrogens is 378 g/mol. The van der Waals surface area contributed by atoms with Crippen molar-refractivity contribution in [1.29, 1.82) is 0 Å². The summed E-state index contributed by atoms with van der Waals surface area (Å²) in [5.41, 5.74) is -0.0503. The van der Waals surface area contributed by atoms with Gasteiger partial charge in [0.1, 0.15) is 5.54 Å². The van der Waals surface area contributed by atoms with Crippen LogP contribution in [-0.4, -0.2) is 34.7 Å². The highest BCUT2D eigenvalue weighted by Gasteiger charge is 2.70. The summed E-state index contributed by atoms with van der Waals surface area (Å²) in [6, 6.07) is 4.88. The summed E-state index contributed by atoms with van der Waals surface area (Å²) in [6.07, 6.45) is 1.39. The molecule has 0 aliphatic carbocycles. The largest absolute Gasteiger partial charge is 0.323 e. The first-order chi connectivity index (χ1) is 13.2. The highest BCUT2D eigenvalue weighted by atomic mass is 35.5. The van der Waals surface area contributed by atoms with Crippen LogP contribution in [0.4, 0.5) is 5.69 Å². The van der Waals surface area contributed by atoms with Gasteiger partial charge in [-0.2, -0.15) is 0 Å². The van der Waals surface area contributed by atoms with Crippen LogP contribution < -0.4 is 10.6 Å². The third-order valence-electron chi connectivity index (χ3n) is 6.49. The van der Waals surface area contributed by atoms with Gasteiger partial charge in [0.2, 0.25) is 17.7 Å². The average Bonchev–Trinajstić information content (AvgIpc) is 3.21. The minimum Gasteiger partial charge on any atom is -0.323 e. The van der Waals surface area contributed by atoms with Crippen molar-refractivity contribution in [3.8, 4) is 0 Å². The molecule has 3 amide bonds. The number of amides is 3. The Morgan fingerprint density at radius 3 is 2.54 bits per heavy atom. The molecule has 3 aliphatic heterocycles. The van der Waals surface area contributed by atoms with Gasteiger partial charge in [0.25, 0.3) is 0 Å². The predicted molar refractivity (Wildman–Crippen MR) is 107 cm³/mol. The van der Waals surface area contributed by atoms with Crippen LogP contribution in [-0.2, 0) is 19.9 Å². The van der Waals surface area contributed by atoms with E-state index in [-0.39, 0.29) is 29.8 Å². The normalized spacial score (nSPS) is 32.3. The highest BCUT2D eigenvalue weighted by Crippen LogP contribution is 2.55. The Morgan fingerprint density at radius 2 is 1.89 bits per heavy atom. The van der Waals surface area contributed by atoms with Crippen LogP contribution in [0.1, 0.15) is 46.1 Å². The van der Waals surface area contributed by atoms with Gasteiger partial charge in [-0.1, -0.05) is 44.5 Å². The van der Waals surface area contributed by atoms with E-state index in [0.717, 1.165) is 0 Å². The second-order valence-electron chi connectivity index (χ2n) is 8.61. The summed E-state index contributed by atoms with van der Waals surface area (Å²) >= 11 is 6.32. The molecule has 3 heterocycles. The lowest BCUT2D eigenvalue weighted by Gasteiger charge is -2.31.